The van der Waals surface area contributed by atoms with Crippen LogP contribution in [0.3, 0.4) is 0 Å². The molecule has 0 aliphatic rings. The Morgan fingerprint density at radius 1 is 1.25 bits per heavy atom. The molecule has 1 unspecified atom stereocenters. The fourth-order valence-corrected chi connectivity index (χ4v) is 1.78. The van der Waals surface area contributed by atoms with Crippen molar-refractivity contribution in [3.8, 4) is 11.5 Å². The first-order valence-electron chi connectivity index (χ1n) is 6.47. The first kappa shape index (κ1) is 16.7. The number of hydrogen-bond acceptors (Lipinski definition) is 4. The van der Waals surface area contributed by atoms with E-state index >= 15 is 0 Å². The summed E-state index contributed by atoms with van der Waals surface area (Å²) in [7, 11) is 1.59. The van der Waals surface area contributed by atoms with E-state index < -0.39 is 12.7 Å². The smallest absolute Gasteiger partial charge is 0.387 e. The number of hydrogen-bond donors (Lipinski definition) is 1. The molecule has 0 bridgehead atoms. The number of methoxy groups -OCH3 is 1. The molecule has 1 aromatic rings. The van der Waals surface area contributed by atoms with Crippen LogP contribution in [0.15, 0.2) is 18.2 Å². The van der Waals surface area contributed by atoms with Crippen molar-refractivity contribution < 1.29 is 28.1 Å². The maximum Gasteiger partial charge on any atom is 0.387 e. The van der Waals surface area contributed by atoms with E-state index in [1.165, 1.54) is 12.1 Å². The van der Waals surface area contributed by atoms with Crippen molar-refractivity contribution in [1.29, 1.82) is 0 Å². The summed E-state index contributed by atoms with van der Waals surface area (Å²) in [5, 5.41) is 10.0. The molecule has 4 nitrogen and oxygen atoms in total. The molecule has 1 N–H and O–H groups in total. The first-order valence-corrected chi connectivity index (χ1v) is 6.47. The standard InChI is InChI=1S/C14H20F2O4/c1-3-19-13-9-10(11(17)5-4-8-18-2)6-7-12(13)20-14(15)16/h6-7,9,11,14,17H,3-5,8H2,1-2H3. The Bertz CT molecular complexity index is 399. The molecule has 0 radical (unpaired) electrons. The zero-order chi connectivity index (χ0) is 15.0. The third-order valence-corrected chi connectivity index (χ3v) is 2.69. The number of alkyl halides is 2. The van der Waals surface area contributed by atoms with Gasteiger partial charge < -0.3 is 19.3 Å². The highest BCUT2D eigenvalue weighted by Crippen LogP contribution is 2.32. The Morgan fingerprint density at radius 3 is 2.60 bits per heavy atom. The fourth-order valence-electron chi connectivity index (χ4n) is 1.78. The van der Waals surface area contributed by atoms with E-state index in [1.807, 2.05) is 0 Å². The van der Waals surface area contributed by atoms with Crippen LogP contribution in [-0.4, -0.2) is 32.0 Å². The molecule has 1 atom stereocenters. The zero-order valence-electron chi connectivity index (χ0n) is 11.6. The predicted octanol–water partition coefficient (Wildman–Crippen LogP) is 3.15. The van der Waals surface area contributed by atoms with Gasteiger partial charge in [-0.3, -0.25) is 0 Å². The molecule has 1 aromatic carbocycles. The molecule has 0 saturated heterocycles. The third kappa shape index (κ3) is 5.30. The molecule has 1 rings (SSSR count). The topological polar surface area (TPSA) is 47.9 Å². The molecule has 0 saturated carbocycles. The van der Waals surface area contributed by atoms with Crippen LogP contribution in [0.1, 0.15) is 31.4 Å². The van der Waals surface area contributed by atoms with E-state index in [1.54, 1.807) is 20.1 Å². The average Bonchev–Trinajstić information content (AvgIpc) is 2.40. The van der Waals surface area contributed by atoms with Crippen LogP contribution in [0.5, 0.6) is 11.5 Å². The highest BCUT2D eigenvalue weighted by Gasteiger charge is 2.14. The lowest BCUT2D eigenvalue weighted by molar-refractivity contribution is -0.0514. The molecule has 0 amide bonds. The number of aliphatic hydroxyl groups is 1. The van der Waals surface area contributed by atoms with E-state index in [-0.39, 0.29) is 11.5 Å². The van der Waals surface area contributed by atoms with Crippen LogP contribution in [0.2, 0.25) is 0 Å². The van der Waals surface area contributed by atoms with E-state index in [9.17, 15) is 13.9 Å². The number of benzene rings is 1. The van der Waals surface area contributed by atoms with Gasteiger partial charge >= 0.3 is 6.61 Å². The SMILES string of the molecule is CCOc1cc(C(O)CCCOC)ccc1OC(F)F. The van der Waals surface area contributed by atoms with Crippen LogP contribution in [0, 0.1) is 0 Å². The van der Waals surface area contributed by atoms with Gasteiger partial charge in [0.1, 0.15) is 0 Å². The van der Waals surface area contributed by atoms with Crippen molar-refractivity contribution in [2.75, 3.05) is 20.3 Å². The Morgan fingerprint density at radius 2 is 2.00 bits per heavy atom. The van der Waals surface area contributed by atoms with Gasteiger partial charge in [-0.15, -0.1) is 0 Å². The van der Waals surface area contributed by atoms with E-state index in [4.69, 9.17) is 9.47 Å². The van der Waals surface area contributed by atoms with Crippen molar-refractivity contribution in [3.63, 3.8) is 0 Å². The molecule has 6 heteroatoms. The first-order chi connectivity index (χ1) is 9.58. The van der Waals surface area contributed by atoms with Crippen LogP contribution >= 0.6 is 0 Å². The lowest BCUT2D eigenvalue weighted by Gasteiger charge is -2.15. The number of halogens is 2. The predicted molar refractivity (Wildman–Crippen MR) is 70.3 cm³/mol. The summed E-state index contributed by atoms with van der Waals surface area (Å²) in [6.07, 6.45) is 0.538. The second-order valence-corrected chi connectivity index (χ2v) is 4.17. The van der Waals surface area contributed by atoms with Crippen molar-refractivity contribution in [3.05, 3.63) is 23.8 Å². The van der Waals surface area contributed by atoms with Gasteiger partial charge in [0.2, 0.25) is 0 Å². The van der Waals surface area contributed by atoms with Crippen LogP contribution < -0.4 is 9.47 Å². The highest BCUT2D eigenvalue weighted by molar-refractivity contribution is 5.43. The van der Waals surface area contributed by atoms with Crippen LogP contribution in [0.4, 0.5) is 8.78 Å². The Balaban J connectivity index is 2.80. The van der Waals surface area contributed by atoms with Gasteiger partial charge in [-0.25, -0.2) is 0 Å². The van der Waals surface area contributed by atoms with Crippen molar-refractivity contribution >= 4 is 0 Å². The zero-order valence-corrected chi connectivity index (χ0v) is 11.6. The molecule has 0 aliphatic carbocycles. The molecule has 0 heterocycles. The summed E-state index contributed by atoms with van der Waals surface area (Å²) < 4.78 is 39.1. The minimum Gasteiger partial charge on any atom is -0.490 e. The fraction of sp³-hybridized carbons (Fsp3) is 0.571. The summed E-state index contributed by atoms with van der Waals surface area (Å²) in [4.78, 5) is 0. The largest absolute Gasteiger partial charge is 0.490 e. The van der Waals surface area contributed by atoms with E-state index in [2.05, 4.69) is 4.74 Å². The molecule has 114 valence electrons. The Labute approximate surface area is 117 Å². The van der Waals surface area contributed by atoms with Crippen molar-refractivity contribution in [2.45, 2.75) is 32.5 Å². The maximum atomic E-state index is 12.3. The quantitative estimate of drug-likeness (QED) is 0.710. The normalized spacial score (nSPS) is 12.5. The summed E-state index contributed by atoms with van der Waals surface area (Å²) in [5.74, 6) is 0.172. The lowest BCUT2D eigenvalue weighted by atomic mass is 10.0. The van der Waals surface area contributed by atoms with E-state index in [0.717, 1.165) is 0 Å². The van der Waals surface area contributed by atoms with Gasteiger partial charge in [0, 0.05) is 13.7 Å². The van der Waals surface area contributed by atoms with Gasteiger partial charge in [0.05, 0.1) is 12.7 Å². The average molecular weight is 290 g/mol. The molecular weight excluding hydrogens is 270 g/mol. The highest BCUT2D eigenvalue weighted by atomic mass is 19.3. The second-order valence-electron chi connectivity index (χ2n) is 4.17. The number of rotatable bonds is 9. The van der Waals surface area contributed by atoms with Gasteiger partial charge in [0.25, 0.3) is 0 Å². The summed E-state index contributed by atoms with van der Waals surface area (Å²) in [6.45, 7) is -0.287. The summed E-state index contributed by atoms with van der Waals surface area (Å²) in [5.41, 5.74) is 0.603. The maximum absolute atomic E-state index is 12.3. The Kier molecular flexibility index (Phi) is 7.25. The van der Waals surface area contributed by atoms with Crippen molar-refractivity contribution in [2.24, 2.45) is 0 Å². The molecular formula is C14H20F2O4. The van der Waals surface area contributed by atoms with Crippen LogP contribution in [0.25, 0.3) is 0 Å². The minimum absolute atomic E-state index is 0.0327. The second kappa shape index (κ2) is 8.71. The minimum atomic E-state index is -2.91. The number of ether oxygens (including phenoxy) is 3. The summed E-state index contributed by atoms with van der Waals surface area (Å²) >= 11 is 0. The molecule has 0 aromatic heterocycles. The lowest BCUT2D eigenvalue weighted by Crippen LogP contribution is -2.06. The van der Waals surface area contributed by atoms with Crippen LogP contribution in [-0.2, 0) is 4.74 Å². The molecule has 0 spiro atoms. The number of aliphatic hydroxyl groups excluding tert-OH is 1. The molecule has 0 aliphatic heterocycles. The third-order valence-electron chi connectivity index (χ3n) is 2.69. The van der Waals surface area contributed by atoms with Gasteiger partial charge in [-0.2, -0.15) is 8.78 Å². The monoisotopic (exact) mass is 290 g/mol. The summed E-state index contributed by atoms with van der Waals surface area (Å²) in [6, 6.07) is 4.46. The Hall–Kier alpha value is -1.40. The molecule has 20 heavy (non-hydrogen) atoms. The van der Waals surface area contributed by atoms with Crippen molar-refractivity contribution in [1.82, 2.24) is 0 Å². The van der Waals surface area contributed by atoms with Gasteiger partial charge in [-0.05, 0) is 37.5 Å². The molecule has 0 fully saturated rings. The van der Waals surface area contributed by atoms with Gasteiger partial charge in [-0.1, -0.05) is 6.07 Å². The van der Waals surface area contributed by atoms with E-state index in [0.29, 0.717) is 31.6 Å². The van der Waals surface area contributed by atoms with Gasteiger partial charge in [0.15, 0.2) is 11.5 Å².